The van der Waals surface area contributed by atoms with Gasteiger partial charge in [0.1, 0.15) is 5.60 Å². The molecule has 0 aromatic rings. The zero-order valence-electron chi connectivity index (χ0n) is 15.5. The van der Waals surface area contributed by atoms with Crippen LogP contribution in [0.15, 0.2) is 0 Å². The number of piperazine rings is 1. The van der Waals surface area contributed by atoms with Gasteiger partial charge in [-0.05, 0) is 39.5 Å². The normalized spacial score (nSPS) is 20.2. The number of hydrogen-bond acceptors (Lipinski definition) is 4. The fraction of sp³-hybridized carbons (Fsp3) is 0.889. The second-order valence-electron chi connectivity index (χ2n) is 8.01. The number of carbonyl (C=O) groups is 2. The van der Waals surface area contributed by atoms with Crippen molar-refractivity contribution in [3.05, 3.63) is 0 Å². The van der Waals surface area contributed by atoms with Gasteiger partial charge in [-0.1, -0.05) is 12.8 Å². The summed E-state index contributed by atoms with van der Waals surface area (Å²) in [5.74, 6) is 0.789. The smallest absolute Gasteiger partial charge is 0.410 e. The largest absolute Gasteiger partial charge is 0.444 e. The average molecular weight is 339 g/mol. The van der Waals surface area contributed by atoms with Gasteiger partial charge >= 0.3 is 6.09 Å². The van der Waals surface area contributed by atoms with Crippen molar-refractivity contribution in [3.63, 3.8) is 0 Å². The van der Waals surface area contributed by atoms with Gasteiger partial charge in [0, 0.05) is 45.7 Å². The third kappa shape index (κ3) is 6.67. The summed E-state index contributed by atoms with van der Waals surface area (Å²) >= 11 is 0. The quantitative estimate of drug-likeness (QED) is 0.834. The van der Waals surface area contributed by atoms with Crippen LogP contribution in [0.5, 0.6) is 0 Å². The van der Waals surface area contributed by atoms with Crippen LogP contribution < -0.4 is 5.32 Å². The molecule has 2 amide bonds. The van der Waals surface area contributed by atoms with Gasteiger partial charge in [-0.15, -0.1) is 0 Å². The summed E-state index contributed by atoms with van der Waals surface area (Å²) in [5.41, 5.74) is -0.447. The van der Waals surface area contributed by atoms with E-state index in [4.69, 9.17) is 4.74 Å². The van der Waals surface area contributed by atoms with Crippen LogP contribution in [0.25, 0.3) is 0 Å². The molecule has 0 unspecified atom stereocenters. The van der Waals surface area contributed by atoms with Crippen LogP contribution in [0, 0.1) is 5.92 Å². The highest BCUT2D eigenvalue weighted by molar-refractivity contribution is 5.76. The van der Waals surface area contributed by atoms with Crippen LogP contribution in [-0.2, 0) is 9.53 Å². The number of ether oxygens (including phenoxy) is 1. The minimum absolute atomic E-state index is 0.189. The average Bonchev–Trinajstić information content (AvgIpc) is 2.99. The molecule has 2 aliphatic rings. The predicted octanol–water partition coefficient (Wildman–Crippen LogP) is 2.24. The first-order valence-electron chi connectivity index (χ1n) is 9.30. The highest BCUT2D eigenvalue weighted by Gasteiger charge is 2.25. The molecular weight excluding hydrogens is 306 g/mol. The van der Waals surface area contributed by atoms with Crippen LogP contribution in [0.2, 0.25) is 0 Å². The SMILES string of the molecule is CC(C)(C)OC(=O)N1CCN(CCNC(=O)CC2CCCC2)CC1. The lowest BCUT2D eigenvalue weighted by Gasteiger charge is -2.35. The molecule has 1 heterocycles. The molecule has 1 aliphatic carbocycles. The topological polar surface area (TPSA) is 61.9 Å². The van der Waals surface area contributed by atoms with Crippen LogP contribution >= 0.6 is 0 Å². The maximum atomic E-state index is 12.0. The van der Waals surface area contributed by atoms with Crippen molar-refractivity contribution in [2.24, 2.45) is 5.92 Å². The van der Waals surface area contributed by atoms with E-state index in [1.165, 1.54) is 25.7 Å². The molecule has 138 valence electrons. The van der Waals surface area contributed by atoms with Crippen molar-refractivity contribution in [1.29, 1.82) is 0 Å². The van der Waals surface area contributed by atoms with Crippen molar-refractivity contribution in [3.8, 4) is 0 Å². The Morgan fingerprint density at radius 2 is 1.71 bits per heavy atom. The molecule has 0 radical (unpaired) electrons. The van der Waals surface area contributed by atoms with Gasteiger partial charge in [-0.2, -0.15) is 0 Å². The van der Waals surface area contributed by atoms with E-state index in [0.29, 0.717) is 32.0 Å². The number of amides is 2. The standard InChI is InChI=1S/C18H33N3O3/c1-18(2,3)24-17(23)21-12-10-20(11-13-21)9-8-19-16(22)14-15-6-4-5-7-15/h15H,4-14H2,1-3H3,(H,19,22). The molecular formula is C18H33N3O3. The molecule has 6 heteroatoms. The lowest BCUT2D eigenvalue weighted by Crippen LogP contribution is -2.51. The van der Waals surface area contributed by atoms with Gasteiger partial charge < -0.3 is 15.0 Å². The van der Waals surface area contributed by atoms with Crippen molar-refractivity contribution < 1.29 is 14.3 Å². The summed E-state index contributed by atoms with van der Waals surface area (Å²) in [6.07, 6.45) is 5.43. The molecule has 0 atom stereocenters. The molecule has 0 aromatic heterocycles. The summed E-state index contributed by atoms with van der Waals surface area (Å²) < 4.78 is 5.40. The molecule has 24 heavy (non-hydrogen) atoms. The number of nitrogens with one attached hydrogen (secondary N) is 1. The number of hydrogen-bond donors (Lipinski definition) is 1. The number of nitrogens with zero attached hydrogens (tertiary/aromatic N) is 2. The van der Waals surface area contributed by atoms with Crippen molar-refractivity contribution in [1.82, 2.24) is 15.1 Å². The molecule has 1 saturated heterocycles. The first-order chi connectivity index (χ1) is 11.3. The summed E-state index contributed by atoms with van der Waals surface area (Å²) in [6, 6.07) is 0. The van der Waals surface area contributed by atoms with E-state index in [-0.39, 0.29) is 12.0 Å². The lowest BCUT2D eigenvalue weighted by atomic mass is 10.0. The van der Waals surface area contributed by atoms with Crippen LogP contribution in [-0.4, -0.2) is 66.7 Å². The van der Waals surface area contributed by atoms with E-state index in [1.807, 2.05) is 20.8 Å². The van der Waals surface area contributed by atoms with Gasteiger partial charge in [-0.3, -0.25) is 9.69 Å². The van der Waals surface area contributed by atoms with Gasteiger partial charge in [0.15, 0.2) is 0 Å². The molecule has 0 spiro atoms. The van der Waals surface area contributed by atoms with Crippen molar-refractivity contribution in [2.45, 2.75) is 58.5 Å². The minimum Gasteiger partial charge on any atom is -0.444 e. The van der Waals surface area contributed by atoms with Crippen LogP contribution in [0.4, 0.5) is 4.79 Å². The van der Waals surface area contributed by atoms with Crippen molar-refractivity contribution in [2.75, 3.05) is 39.3 Å². The molecule has 2 rings (SSSR count). The molecule has 6 nitrogen and oxygen atoms in total. The highest BCUT2D eigenvalue weighted by Crippen LogP contribution is 2.27. The van der Waals surface area contributed by atoms with Gasteiger partial charge in [0.25, 0.3) is 0 Å². The van der Waals surface area contributed by atoms with Gasteiger partial charge in [-0.25, -0.2) is 4.79 Å². The van der Waals surface area contributed by atoms with Gasteiger partial charge in [0.05, 0.1) is 0 Å². The number of rotatable bonds is 5. The van der Waals surface area contributed by atoms with E-state index in [0.717, 1.165) is 19.6 Å². The Balaban J connectivity index is 1.57. The second kappa shape index (κ2) is 8.70. The van der Waals surface area contributed by atoms with Gasteiger partial charge in [0.2, 0.25) is 5.91 Å². The van der Waals surface area contributed by atoms with E-state index in [9.17, 15) is 9.59 Å². The number of carbonyl (C=O) groups excluding carboxylic acids is 2. The summed E-state index contributed by atoms with van der Waals surface area (Å²) in [4.78, 5) is 28.0. The fourth-order valence-corrected chi connectivity index (χ4v) is 3.38. The van der Waals surface area contributed by atoms with E-state index in [1.54, 1.807) is 4.90 Å². The lowest BCUT2D eigenvalue weighted by molar-refractivity contribution is -0.122. The zero-order valence-corrected chi connectivity index (χ0v) is 15.5. The Bertz CT molecular complexity index is 420. The molecule has 1 saturated carbocycles. The molecule has 1 aliphatic heterocycles. The Morgan fingerprint density at radius 1 is 1.08 bits per heavy atom. The minimum atomic E-state index is -0.447. The maximum Gasteiger partial charge on any atom is 0.410 e. The third-order valence-corrected chi connectivity index (χ3v) is 4.72. The predicted molar refractivity (Wildman–Crippen MR) is 93.8 cm³/mol. The molecule has 0 bridgehead atoms. The monoisotopic (exact) mass is 339 g/mol. The van der Waals surface area contributed by atoms with Crippen LogP contribution in [0.3, 0.4) is 0 Å². The zero-order chi connectivity index (χ0) is 17.6. The molecule has 2 fully saturated rings. The van der Waals surface area contributed by atoms with E-state index < -0.39 is 5.60 Å². The molecule has 0 aromatic carbocycles. The Hall–Kier alpha value is -1.30. The van der Waals surface area contributed by atoms with E-state index in [2.05, 4.69) is 10.2 Å². The third-order valence-electron chi connectivity index (χ3n) is 4.72. The second-order valence-corrected chi connectivity index (χ2v) is 8.01. The van der Waals surface area contributed by atoms with E-state index >= 15 is 0 Å². The highest BCUT2D eigenvalue weighted by atomic mass is 16.6. The Kier molecular flexibility index (Phi) is 6.90. The summed E-state index contributed by atoms with van der Waals surface area (Å²) in [6.45, 7) is 10.2. The summed E-state index contributed by atoms with van der Waals surface area (Å²) in [7, 11) is 0. The van der Waals surface area contributed by atoms with Crippen molar-refractivity contribution >= 4 is 12.0 Å². The maximum absolute atomic E-state index is 12.0. The first-order valence-corrected chi connectivity index (χ1v) is 9.30. The summed E-state index contributed by atoms with van der Waals surface area (Å²) in [5, 5.41) is 3.04. The molecule has 1 N–H and O–H groups in total. The fourth-order valence-electron chi connectivity index (χ4n) is 3.38. The van der Waals surface area contributed by atoms with Crippen LogP contribution in [0.1, 0.15) is 52.9 Å². The Morgan fingerprint density at radius 3 is 2.29 bits per heavy atom. The first kappa shape index (κ1) is 19.0. The Labute approximate surface area is 145 Å².